The van der Waals surface area contributed by atoms with Gasteiger partial charge in [0.2, 0.25) is 5.91 Å². The number of carbonyl (C=O) groups excluding carboxylic acids is 1. The fourth-order valence-corrected chi connectivity index (χ4v) is 3.54. The van der Waals surface area contributed by atoms with E-state index in [0.29, 0.717) is 33.8 Å². The lowest BCUT2D eigenvalue weighted by atomic mass is 10.2. The molecule has 28 heavy (non-hydrogen) atoms. The van der Waals surface area contributed by atoms with Crippen molar-refractivity contribution in [1.29, 1.82) is 0 Å². The number of rotatable bonds is 6. The van der Waals surface area contributed by atoms with E-state index in [1.807, 2.05) is 0 Å². The van der Waals surface area contributed by atoms with E-state index >= 15 is 0 Å². The second-order valence-corrected chi connectivity index (χ2v) is 7.22. The molecule has 1 fully saturated rings. The third kappa shape index (κ3) is 5.19. The van der Waals surface area contributed by atoms with Gasteiger partial charge in [-0.05, 0) is 6.07 Å². The third-order valence-corrected chi connectivity index (χ3v) is 4.95. The van der Waals surface area contributed by atoms with Crippen molar-refractivity contribution >= 4 is 40.6 Å². The second kappa shape index (κ2) is 9.32. The maximum absolute atomic E-state index is 12.4. The molecule has 1 saturated heterocycles. The molecule has 1 aliphatic rings. The number of methoxy groups -OCH3 is 2. The molecule has 7 nitrogen and oxygen atoms in total. The first-order chi connectivity index (χ1) is 13.5. The number of hydrogen-bond donors (Lipinski definition) is 1. The van der Waals surface area contributed by atoms with Crippen LogP contribution in [0.15, 0.2) is 30.5 Å². The molecule has 0 saturated carbocycles. The van der Waals surface area contributed by atoms with Crippen LogP contribution in [0.5, 0.6) is 11.5 Å². The first-order valence-corrected chi connectivity index (χ1v) is 9.55. The molecule has 2 heterocycles. The van der Waals surface area contributed by atoms with Gasteiger partial charge in [-0.25, -0.2) is 4.98 Å². The molecule has 1 aromatic heterocycles. The molecule has 0 radical (unpaired) electrons. The van der Waals surface area contributed by atoms with Crippen LogP contribution in [-0.2, 0) is 4.79 Å². The lowest BCUT2D eigenvalue weighted by Gasteiger charge is -2.35. The number of carbonyl (C=O) groups is 1. The Morgan fingerprint density at radius 2 is 1.71 bits per heavy atom. The number of hydrogen-bond acceptors (Lipinski definition) is 6. The number of anilines is 2. The molecule has 1 aromatic carbocycles. The fourth-order valence-electron chi connectivity index (χ4n) is 3.04. The fraction of sp³-hybridized carbons (Fsp3) is 0.368. The van der Waals surface area contributed by atoms with E-state index in [-0.39, 0.29) is 5.91 Å². The quantitative estimate of drug-likeness (QED) is 0.767. The van der Waals surface area contributed by atoms with Crippen LogP contribution in [0.4, 0.5) is 11.5 Å². The molecule has 9 heteroatoms. The Balaban J connectivity index is 1.54. The van der Waals surface area contributed by atoms with Crippen molar-refractivity contribution in [3.8, 4) is 11.5 Å². The Hall–Kier alpha value is -2.22. The number of nitrogens with zero attached hydrogens (tertiary/aromatic N) is 3. The van der Waals surface area contributed by atoms with Crippen molar-refractivity contribution in [2.24, 2.45) is 0 Å². The Labute approximate surface area is 174 Å². The van der Waals surface area contributed by atoms with Crippen LogP contribution >= 0.6 is 23.2 Å². The summed E-state index contributed by atoms with van der Waals surface area (Å²) in [6.07, 6.45) is 1.59. The lowest BCUT2D eigenvalue weighted by Crippen LogP contribution is -2.49. The Morgan fingerprint density at radius 3 is 2.29 bits per heavy atom. The van der Waals surface area contributed by atoms with E-state index in [1.165, 1.54) is 0 Å². The van der Waals surface area contributed by atoms with Gasteiger partial charge in [0, 0.05) is 56.3 Å². The van der Waals surface area contributed by atoms with E-state index in [1.54, 1.807) is 44.7 Å². The second-order valence-electron chi connectivity index (χ2n) is 6.37. The number of halogens is 2. The molecule has 0 spiro atoms. The largest absolute Gasteiger partial charge is 0.497 e. The zero-order valence-corrected chi connectivity index (χ0v) is 17.3. The summed E-state index contributed by atoms with van der Waals surface area (Å²) in [5, 5.41) is 3.94. The van der Waals surface area contributed by atoms with Gasteiger partial charge in [-0.1, -0.05) is 23.2 Å². The van der Waals surface area contributed by atoms with Gasteiger partial charge in [0.05, 0.1) is 30.8 Å². The number of amides is 1. The summed E-state index contributed by atoms with van der Waals surface area (Å²) < 4.78 is 10.5. The number of aromatic nitrogens is 1. The summed E-state index contributed by atoms with van der Waals surface area (Å²) in [7, 11) is 3.14. The summed E-state index contributed by atoms with van der Waals surface area (Å²) in [6.45, 7) is 3.23. The van der Waals surface area contributed by atoms with Gasteiger partial charge < -0.3 is 19.7 Å². The zero-order chi connectivity index (χ0) is 20.1. The predicted molar refractivity (Wildman–Crippen MR) is 111 cm³/mol. The van der Waals surface area contributed by atoms with E-state index < -0.39 is 0 Å². The van der Waals surface area contributed by atoms with Crippen LogP contribution in [0.1, 0.15) is 0 Å². The molecule has 1 aliphatic heterocycles. The standard InChI is InChI=1S/C19H22Cl2N4O3/c1-27-15-8-14(9-16(10-15)28-2)23-18(26)12-24-3-5-25(6-4-24)19-17(21)7-13(20)11-22-19/h7-11H,3-6,12H2,1-2H3,(H,23,26). The van der Waals surface area contributed by atoms with Gasteiger partial charge in [0.1, 0.15) is 17.3 Å². The average Bonchev–Trinajstić information content (AvgIpc) is 2.68. The van der Waals surface area contributed by atoms with E-state index in [2.05, 4.69) is 20.1 Å². The summed E-state index contributed by atoms with van der Waals surface area (Å²) in [4.78, 5) is 20.9. The number of piperazine rings is 1. The highest BCUT2D eigenvalue weighted by atomic mass is 35.5. The van der Waals surface area contributed by atoms with Gasteiger partial charge in [-0.3, -0.25) is 9.69 Å². The van der Waals surface area contributed by atoms with Crippen molar-refractivity contribution in [3.05, 3.63) is 40.5 Å². The number of nitrogens with one attached hydrogen (secondary N) is 1. The maximum atomic E-state index is 12.4. The normalized spacial score (nSPS) is 14.6. The van der Waals surface area contributed by atoms with Crippen LogP contribution in [0.2, 0.25) is 10.0 Å². The Bertz CT molecular complexity index is 820. The zero-order valence-electron chi connectivity index (χ0n) is 15.7. The van der Waals surface area contributed by atoms with Gasteiger partial charge in [0.25, 0.3) is 0 Å². The predicted octanol–water partition coefficient (Wildman–Crippen LogP) is 3.17. The summed E-state index contributed by atoms with van der Waals surface area (Å²) in [6, 6.07) is 6.96. The molecule has 150 valence electrons. The lowest BCUT2D eigenvalue weighted by molar-refractivity contribution is -0.117. The van der Waals surface area contributed by atoms with Crippen LogP contribution in [0.25, 0.3) is 0 Å². The molecule has 1 N–H and O–H groups in total. The maximum Gasteiger partial charge on any atom is 0.238 e. The van der Waals surface area contributed by atoms with Gasteiger partial charge in [-0.15, -0.1) is 0 Å². The average molecular weight is 425 g/mol. The molecule has 0 atom stereocenters. The van der Waals surface area contributed by atoms with Crippen molar-refractivity contribution in [2.75, 3.05) is 57.2 Å². The molecular formula is C19H22Cl2N4O3. The third-order valence-electron chi connectivity index (χ3n) is 4.46. The first-order valence-electron chi connectivity index (χ1n) is 8.80. The van der Waals surface area contributed by atoms with E-state index in [0.717, 1.165) is 32.0 Å². The highest BCUT2D eigenvalue weighted by Crippen LogP contribution is 2.27. The molecule has 0 bridgehead atoms. The highest BCUT2D eigenvalue weighted by molar-refractivity contribution is 6.36. The Kier molecular flexibility index (Phi) is 6.83. The van der Waals surface area contributed by atoms with Gasteiger partial charge >= 0.3 is 0 Å². The van der Waals surface area contributed by atoms with Crippen molar-refractivity contribution in [1.82, 2.24) is 9.88 Å². The number of benzene rings is 1. The molecule has 2 aromatic rings. The molecular weight excluding hydrogens is 403 g/mol. The van der Waals surface area contributed by atoms with Crippen LogP contribution in [0.3, 0.4) is 0 Å². The van der Waals surface area contributed by atoms with E-state index in [4.69, 9.17) is 32.7 Å². The molecule has 0 aliphatic carbocycles. The van der Waals surface area contributed by atoms with Crippen molar-refractivity contribution in [2.45, 2.75) is 0 Å². The summed E-state index contributed by atoms with van der Waals surface area (Å²) in [5.74, 6) is 1.87. The highest BCUT2D eigenvalue weighted by Gasteiger charge is 2.21. The van der Waals surface area contributed by atoms with E-state index in [9.17, 15) is 4.79 Å². The molecule has 3 rings (SSSR count). The minimum absolute atomic E-state index is 0.0913. The number of ether oxygens (including phenoxy) is 2. The number of pyridine rings is 1. The van der Waals surface area contributed by atoms with Crippen LogP contribution in [-0.4, -0.2) is 62.7 Å². The topological polar surface area (TPSA) is 66.9 Å². The molecule has 1 amide bonds. The van der Waals surface area contributed by atoms with Crippen molar-refractivity contribution < 1.29 is 14.3 Å². The molecule has 0 unspecified atom stereocenters. The summed E-state index contributed by atoms with van der Waals surface area (Å²) >= 11 is 12.1. The van der Waals surface area contributed by atoms with Gasteiger partial charge in [0.15, 0.2) is 0 Å². The minimum Gasteiger partial charge on any atom is -0.497 e. The smallest absolute Gasteiger partial charge is 0.238 e. The van der Waals surface area contributed by atoms with Crippen molar-refractivity contribution in [3.63, 3.8) is 0 Å². The monoisotopic (exact) mass is 424 g/mol. The van der Waals surface area contributed by atoms with Crippen LogP contribution in [0, 0.1) is 0 Å². The van der Waals surface area contributed by atoms with Crippen LogP contribution < -0.4 is 19.7 Å². The first kappa shape index (κ1) is 20.5. The minimum atomic E-state index is -0.0913. The van der Waals surface area contributed by atoms with Gasteiger partial charge in [-0.2, -0.15) is 0 Å². The SMILES string of the molecule is COc1cc(NC(=O)CN2CCN(c3ncc(Cl)cc3Cl)CC2)cc(OC)c1. The summed E-state index contributed by atoms with van der Waals surface area (Å²) in [5.41, 5.74) is 0.636. The Morgan fingerprint density at radius 1 is 1.07 bits per heavy atom.